The Bertz CT molecular complexity index is 1160. The molecule has 1 atom stereocenters. The Labute approximate surface area is 185 Å². The van der Waals surface area contributed by atoms with Crippen molar-refractivity contribution in [1.29, 1.82) is 0 Å². The van der Waals surface area contributed by atoms with Crippen molar-refractivity contribution in [2.75, 3.05) is 11.4 Å². The number of amides is 4. The molecule has 1 saturated heterocycles. The first kappa shape index (κ1) is 20.4. The first-order valence-electron chi connectivity index (χ1n) is 10.9. The normalized spacial score (nSPS) is 20.3. The Hall–Kier alpha value is -3.52. The third-order valence-corrected chi connectivity index (χ3v) is 6.54. The van der Waals surface area contributed by atoms with Crippen LogP contribution in [-0.2, 0) is 29.1 Å². The minimum absolute atomic E-state index is 0.105. The van der Waals surface area contributed by atoms with Gasteiger partial charge < -0.3 is 10.6 Å². The molecule has 1 unspecified atom stereocenters. The average Bonchev–Trinajstić information content (AvgIpc) is 3.03. The zero-order valence-corrected chi connectivity index (χ0v) is 17.6. The molecule has 32 heavy (non-hydrogen) atoms. The zero-order chi connectivity index (χ0) is 22.4. The van der Waals surface area contributed by atoms with E-state index in [9.17, 15) is 19.2 Å². The summed E-state index contributed by atoms with van der Waals surface area (Å²) in [7, 11) is 0. The summed E-state index contributed by atoms with van der Waals surface area (Å²) < 4.78 is 0. The summed E-state index contributed by atoms with van der Waals surface area (Å²) in [6, 6.07) is 10.5. The van der Waals surface area contributed by atoms with E-state index in [2.05, 4.69) is 22.3 Å². The molecule has 5 rings (SSSR count). The van der Waals surface area contributed by atoms with Gasteiger partial charge in [-0.3, -0.25) is 29.4 Å². The topological polar surface area (TPSA) is 113 Å². The highest BCUT2D eigenvalue weighted by Crippen LogP contribution is 2.32. The van der Waals surface area contributed by atoms with Gasteiger partial charge in [-0.25, -0.2) is 0 Å². The number of nitrogens with one attached hydrogen (secondary N) is 1. The van der Waals surface area contributed by atoms with E-state index in [0.29, 0.717) is 24.2 Å². The maximum absolute atomic E-state index is 13.1. The summed E-state index contributed by atoms with van der Waals surface area (Å²) in [6.07, 6.45) is 2.28. The average molecular weight is 432 g/mol. The summed E-state index contributed by atoms with van der Waals surface area (Å²) in [6.45, 7) is 2.00. The molecule has 3 aliphatic heterocycles. The van der Waals surface area contributed by atoms with Gasteiger partial charge in [-0.1, -0.05) is 18.2 Å². The lowest BCUT2D eigenvalue weighted by molar-refractivity contribution is -0.136. The van der Waals surface area contributed by atoms with Crippen LogP contribution in [0.15, 0.2) is 36.4 Å². The Balaban J connectivity index is 1.41. The number of imide groups is 2. The molecular weight excluding hydrogens is 408 g/mol. The highest BCUT2D eigenvalue weighted by Gasteiger charge is 2.44. The predicted octanol–water partition coefficient (Wildman–Crippen LogP) is 1.50. The third-order valence-electron chi connectivity index (χ3n) is 6.54. The number of nitrogens with two attached hydrogens (primary N) is 1. The maximum Gasteiger partial charge on any atom is 0.262 e. The lowest BCUT2D eigenvalue weighted by Crippen LogP contribution is -2.54. The lowest BCUT2D eigenvalue weighted by atomic mass is 9.95. The second kappa shape index (κ2) is 7.87. The number of nitrogens with zero attached hydrogens (tertiary/aromatic N) is 2. The van der Waals surface area contributed by atoms with Crippen LogP contribution in [0.25, 0.3) is 0 Å². The number of hydrogen-bond acceptors (Lipinski definition) is 6. The fourth-order valence-electron chi connectivity index (χ4n) is 4.97. The van der Waals surface area contributed by atoms with E-state index in [1.54, 1.807) is 12.1 Å². The van der Waals surface area contributed by atoms with Crippen molar-refractivity contribution in [3.05, 3.63) is 64.2 Å². The Morgan fingerprint density at radius 3 is 2.59 bits per heavy atom. The van der Waals surface area contributed by atoms with E-state index in [1.165, 1.54) is 5.56 Å². The predicted molar refractivity (Wildman–Crippen MR) is 117 cm³/mol. The number of piperidine rings is 1. The molecule has 3 aliphatic rings. The van der Waals surface area contributed by atoms with Crippen LogP contribution in [0.4, 0.5) is 5.69 Å². The van der Waals surface area contributed by atoms with Gasteiger partial charge in [0.25, 0.3) is 11.8 Å². The van der Waals surface area contributed by atoms with Crippen molar-refractivity contribution < 1.29 is 19.2 Å². The quantitative estimate of drug-likeness (QED) is 0.708. The second-order valence-electron chi connectivity index (χ2n) is 8.47. The second-order valence-corrected chi connectivity index (χ2v) is 8.47. The molecular formula is C24H24N4O4. The molecule has 0 aliphatic carbocycles. The van der Waals surface area contributed by atoms with Crippen LogP contribution in [0.1, 0.15) is 56.7 Å². The van der Waals surface area contributed by atoms with Crippen LogP contribution < -0.4 is 16.0 Å². The van der Waals surface area contributed by atoms with Crippen molar-refractivity contribution in [3.8, 4) is 0 Å². The van der Waals surface area contributed by atoms with Gasteiger partial charge >= 0.3 is 0 Å². The number of hydrogen-bond donors (Lipinski definition) is 2. The van der Waals surface area contributed by atoms with Gasteiger partial charge in [-0.2, -0.15) is 0 Å². The highest BCUT2D eigenvalue weighted by atomic mass is 16.2. The molecule has 0 aromatic heterocycles. The molecule has 2 aromatic carbocycles. The number of carbonyl (C=O) groups is 4. The summed E-state index contributed by atoms with van der Waals surface area (Å²) in [5.74, 6) is -1.95. The van der Waals surface area contributed by atoms with Crippen molar-refractivity contribution in [3.63, 3.8) is 0 Å². The van der Waals surface area contributed by atoms with E-state index in [-0.39, 0.29) is 18.7 Å². The highest BCUT2D eigenvalue weighted by molar-refractivity contribution is 6.23. The fraction of sp³-hybridized carbons (Fsp3) is 0.333. The van der Waals surface area contributed by atoms with Crippen LogP contribution in [0.2, 0.25) is 0 Å². The number of rotatable bonds is 4. The van der Waals surface area contributed by atoms with Crippen molar-refractivity contribution in [2.45, 2.75) is 44.8 Å². The molecule has 0 spiro atoms. The minimum Gasteiger partial charge on any atom is -0.367 e. The van der Waals surface area contributed by atoms with Crippen molar-refractivity contribution >= 4 is 29.3 Å². The van der Waals surface area contributed by atoms with Gasteiger partial charge in [0.15, 0.2) is 0 Å². The number of carbonyl (C=O) groups excluding carboxylic acids is 4. The van der Waals surface area contributed by atoms with Gasteiger partial charge in [-0.05, 0) is 54.2 Å². The Morgan fingerprint density at radius 2 is 1.81 bits per heavy atom. The summed E-state index contributed by atoms with van der Waals surface area (Å²) in [5.41, 5.74) is 11.0. The third kappa shape index (κ3) is 3.27. The van der Waals surface area contributed by atoms with Crippen LogP contribution in [0.3, 0.4) is 0 Å². The summed E-state index contributed by atoms with van der Waals surface area (Å²) in [4.78, 5) is 52.9. The van der Waals surface area contributed by atoms with E-state index < -0.39 is 23.8 Å². The van der Waals surface area contributed by atoms with Crippen LogP contribution >= 0.6 is 0 Å². The molecule has 4 amide bonds. The van der Waals surface area contributed by atoms with Gasteiger partial charge in [0, 0.05) is 31.7 Å². The number of fused-ring (bicyclic) bond motifs is 2. The van der Waals surface area contributed by atoms with Crippen molar-refractivity contribution in [1.82, 2.24) is 10.2 Å². The van der Waals surface area contributed by atoms with Gasteiger partial charge in [0.05, 0.1) is 11.1 Å². The molecule has 1 fully saturated rings. The fourth-order valence-corrected chi connectivity index (χ4v) is 4.97. The van der Waals surface area contributed by atoms with E-state index in [0.717, 1.165) is 41.1 Å². The maximum atomic E-state index is 13.1. The standard InChI is InChI=1S/C24H24N4O4/c25-12-15-3-1-5-19-16(15)4-2-10-27(19)13-14-6-7-17-18(11-14)24(32)28(23(17)31)20-8-9-21(29)26-22(20)30/h1,3,5-7,11,20H,2,4,8-10,12-13,25H2,(H,26,29,30). The SMILES string of the molecule is NCc1cccc2c1CCCN2Cc1ccc2c(c1)C(=O)N(C1CCC(=O)NC1=O)C2=O. The molecule has 164 valence electrons. The first-order valence-corrected chi connectivity index (χ1v) is 10.9. The van der Waals surface area contributed by atoms with E-state index >= 15 is 0 Å². The van der Waals surface area contributed by atoms with Gasteiger partial charge in [-0.15, -0.1) is 0 Å². The molecule has 0 bridgehead atoms. The minimum atomic E-state index is -0.952. The van der Waals surface area contributed by atoms with Crippen LogP contribution in [-0.4, -0.2) is 41.1 Å². The van der Waals surface area contributed by atoms with Crippen LogP contribution in [0.5, 0.6) is 0 Å². The van der Waals surface area contributed by atoms with Crippen molar-refractivity contribution in [2.24, 2.45) is 5.73 Å². The smallest absolute Gasteiger partial charge is 0.262 e. The number of benzene rings is 2. The largest absolute Gasteiger partial charge is 0.367 e. The van der Waals surface area contributed by atoms with Gasteiger partial charge in [0.2, 0.25) is 11.8 Å². The van der Waals surface area contributed by atoms with Gasteiger partial charge in [0.1, 0.15) is 6.04 Å². The Kier molecular flexibility index (Phi) is 5.01. The Morgan fingerprint density at radius 1 is 1.00 bits per heavy atom. The van der Waals surface area contributed by atoms with Crippen LogP contribution in [0, 0.1) is 0 Å². The lowest BCUT2D eigenvalue weighted by Gasteiger charge is -2.32. The monoisotopic (exact) mass is 432 g/mol. The summed E-state index contributed by atoms with van der Waals surface area (Å²) >= 11 is 0. The molecule has 2 aromatic rings. The molecule has 8 heteroatoms. The number of anilines is 1. The molecule has 0 radical (unpaired) electrons. The first-order chi connectivity index (χ1) is 15.5. The van der Waals surface area contributed by atoms with E-state index in [4.69, 9.17) is 5.73 Å². The molecule has 0 saturated carbocycles. The molecule has 3 N–H and O–H groups in total. The molecule has 3 heterocycles. The molecule has 8 nitrogen and oxygen atoms in total. The zero-order valence-electron chi connectivity index (χ0n) is 17.6. The summed E-state index contributed by atoms with van der Waals surface area (Å²) in [5, 5.41) is 2.22. The van der Waals surface area contributed by atoms with E-state index in [1.807, 2.05) is 12.1 Å².